The fourth-order valence-electron chi connectivity index (χ4n) is 2.97. The van der Waals surface area contributed by atoms with E-state index in [2.05, 4.69) is 15.2 Å². The number of amides is 3. The average Bonchev–Trinajstić information content (AvgIpc) is 3.10. The number of aromatic nitrogens is 1. The van der Waals surface area contributed by atoms with E-state index in [0.717, 1.165) is 22.0 Å². The lowest BCUT2D eigenvalue weighted by atomic mass is 10.1. The van der Waals surface area contributed by atoms with Gasteiger partial charge in [0.1, 0.15) is 5.70 Å². The zero-order chi connectivity index (χ0) is 17.4. The second kappa shape index (κ2) is 6.11. The Morgan fingerprint density at radius 3 is 2.52 bits per heavy atom. The molecule has 1 aromatic heterocycles. The monoisotopic (exact) mass is 351 g/mol. The Morgan fingerprint density at radius 2 is 1.76 bits per heavy atom. The normalized spacial score (nSPS) is 15.6. The van der Waals surface area contributed by atoms with Gasteiger partial charge in [-0.2, -0.15) is 0 Å². The van der Waals surface area contributed by atoms with Gasteiger partial charge in [0, 0.05) is 34.2 Å². The minimum Gasteiger partial charge on any atom is -0.342 e. The van der Waals surface area contributed by atoms with E-state index < -0.39 is 11.9 Å². The van der Waals surface area contributed by atoms with Crippen LogP contribution in [0.15, 0.2) is 60.4 Å². The SMILES string of the molecule is O=C1NC(=O)C(=Cc2cn(Cc3ccccc3Cl)c3ccccc23)N1. The molecule has 124 valence electrons. The summed E-state index contributed by atoms with van der Waals surface area (Å²) in [6.07, 6.45) is 3.64. The molecule has 3 aromatic rings. The van der Waals surface area contributed by atoms with Crippen LogP contribution in [0.1, 0.15) is 11.1 Å². The number of carbonyl (C=O) groups is 2. The highest BCUT2D eigenvalue weighted by Gasteiger charge is 2.23. The largest absolute Gasteiger partial charge is 0.342 e. The highest BCUT2D eigenvalue weighted by atomic mass is 35.5. The molecule has 1 saturated heterocycles. The van der Waals surface area contributed by atoms with Crippen LogP contribution in [0, 0.1) is 0 Å². The van der Waals surface area contributed by atoms with Gasteiger partial charge in [-0.05, 0) is 23.8 Å². The average molecular weight is 352 g/mol. The summed E-state index contributed by atoms with van der Waals surface area (Å²) in [6, 6.07) is 15.1. The number of hydrogen-bond acceptors (Lipinski definition) is 2. The van der Waals surface area contributed by atoms with Gasteiger partial charge in [0.25, 0.3) is 5.91 Å². The fourth-order valence-corrected chi connectivity index (χ4v) is 3.16. The Morgan fingerprint density at radius 1 is 1.00 bits per heavy atom. The molecule has 3 amide bonds. The summed E-state index contributed by atoms with van der Waals surface area (Å²) in [4.78, 5) is 23.1. The van der Waals surface area contributed by atoms with Gasteiger partial charge in [-0.15, -0.1) is 0 Å². The number of halogens is 1. The number of rotatable bonds is 3. The lowest BCUT2D eigenvalue weighted by Crippen LogP contribution is -2.22. The number of urea groups is 1. The second-order valence-corrected chi connectivity index (χ2v) is 6.19. The van der Waals surface area contributed by atoms with Crippen molar-refractivity contribution >= 4 is 40.5 Å². The van der Waals surface area contributed by atoms with Gasteiger partial charge in [-0.3, -0.25) is 10.1 Å². The van der Waals surface area contributed by atoms with Crippen LogP contribution in [0.3, 0.4) is 0 Å². The molecule has 2 N–H and O–H groups in total. The second-order valence-electron chi connectivity index (χ2n) is 5.79. The molecule has 25 heavy (non-hydrogen) atoms. The lowest BCUT2D eigenvalue weighted by Gasteiger charge is -2.07. The Kier molecular flexibility index (Phi) is 3.78. The number of hydrogen-bond donors (Lipinski definition) is 2. The first-order valence-corrected chi connectivity index (χ1v) is 8.15. The van der Waals surface area contributed by atoms with Crippen molar-refractivity contribution in [3.63, 3.8) is 0 Å². The fraction of sp³-hybridized carbons (Fsp3) is 0.0526. The van der Waals surface area contributed by atoms with Gasteiger partial charge in [0.05, 0.1) is 0 Å². The van der Waals surface area contributed by atoms with Crippen LogP contribution in [0.25, 0.3) is 17.0 Å². The van der Waals surface area contributed by atoms with Gasteiger partial charge in [-0.1, -0.05) is 48.0 Å². The van der Waals surface area contributed by atoms with Crippen molar-refractivity contribution in [3.05, 3.63) is 76.6 Å². The molecule has 4 rings (SSSR count). The van der Waals surface area contributed by atoms with Crippen LogP contribution >= 0.6 is 11.6 Å². The van der Waals surface area contributed by atoms with Gasteiger partial charge in [0.2, 0.25) is 0 Å². The maximum atomic E-state index is 11.8. The Bertz CT molecular complexity index is 1040. The third kappa shape index (κ3) is 2.90. The smallest absolute Gasteiger partial charge is 0.326 e. The quantitative estimate of drug-likeness (QED) is 0.560. The van der Waals surface area contributed by atoms with Crippen molar-refractivity contribution in [1.82, 2.24) is 15.2 Å². The summed E-state index contributed by atoms with van der Waals surface area (Å²) < 4.78 is 2.08. The Labute approximate surface area is 148 Å². The molecule has 6 heteroatoms. The van der Waals surface area contributed by atoms with Crippen molar-refractivity contribution in [2.24, 2.45) is 0 Å². The maximum Gasteiger partial charge on any atom is 0.326 e. The van der Waals surface area contributed by atoms with E-state index >= 15 is 0 Å². The van der Waals surface area contributed by atoms with Crippen molar-refractivity contribution in [1.29, 1.82) is 0 Å². The molecule has 0 atom stereocenters. The summed E-state index contributed by atoms with van der Waals surface area (Å²) in [5.41, 5.74) is 3.13. The van der Waals surface area contributed by atoms with Crippen molar-refractivity contribution in [3.8, 4) is 0 Å². The molecule has 0 aliphatic carbocycles. The van der Waals surface area contributed by atoms with E-state index in [-0.39, 0.29) is 5.70 Å². The van der Waals surface area contributed by atoms with Crippen molar-refractivity contribution in [2.75, 3.05) is 0 Å². The summed E-state index contributed by atoms with van der Waals surface area (Å²) in [5, 5.41) is 6.43. The molecule has 2 aromatic carbocycles. The topological polar surface area (TPSA) is 63.1 Å². The molecule has 0 saturated carbocycles. The van der Waals surface area contributed by atoms with Crippen LogP contribution in [-0.4, -0.2) is 16.5 Å². The number of imide groups is 1. The zero-order valence-corrected chi connectivity index (χ0v) is 13.9. The molecule has 0 unspecified atom stereocenters. The summed E-state index contributed by atoms with van der Waals surface area (Å²) in [6.45, 7) is 0.613. The first-order valence-electron chi connectivity index (χ1n) is 7.77. The molecule has 1 aliphatic heterocycles. The van der Waals surface area contributed by atoms with Crippen LogP contribution < -0.4 is 10.6 Å². The summed E-state index contributed by atoms with van der Waals surface area (Å²) in [5.74, 6) is -0.423. The molecule has 0 bridgehead atoms. The third-order valence-electron chi connectivity index (χ3n) is 4.14. The predicted octanol–water partition coefficient (Wildman–Crippen LogP) is 3.52. The molecular weight excluding hydrogens is 338 g/mol. The molecule has 1 fully saturated rings. The molecule has 2 heterocycles. The van der Waals surface area contributed by atoms with E-state index in [1.807, 2.05) is 54.7 Å². The minimum atomic E-state index is -0.504. The van der Waals surface area contributed by atoms with Gasteiger partial charge < -0.3 is 9.88 Å². The van der Waals surface area contributed by atoms with Crippen LogP contribution in [0.2, 0.25) is 5.02 Å². The zero-order valence-electron chi connectivity index (χ0n) is 13.1. The van der Waals surface area contributed by atoms with E-state index in [1.54, 1.807) is 6.08 Å². The summed E-state index contributed by atoms with van der Waals surface area (Å²) >= 11 is 6.28. The van der Waals surface area contributed by atoms with E-state index in [1.165, 1.54) is 0 Å². The molecule has 0 radical (unpaired) electrons. The number of fused-ring (bicyclic) bond motifs is 1. The molecule has 5 nitrogen and oxygen atoms in total. The highest BCUT2D eigenvalue weighted by Crippen LogP contribution is 2.26. The third-order valence-corrected chi connectivity index (χ3v) is 4.51. The Hall–Kier alpha value is -3.05. The number of benzene rings is 2. The van der Waals surface area contributed by atoms with Gasteiger partial charge in [0.15, 0.2) is 0 Å². The molecule has 1 aliphatic rings. The first kappa shape index (κ1) is 15.5. The van der Waals surface area contributed by atoms with Crippen LogP contribution in [-0.2, 0) is 11.3 Å². The van der Waals surface area contributed by atoms with Crippen LogP contribution in [0.5, 0.6) is 0 Å². The predicted molar refractivity (Wildman–Crippen MR) is 97.1 cm³/mol. The highest BCUT2D eigenvalue weighted by molar-refractivity contribution is 6.31. The first-order chi connectivity index (χ1) is 12.1. The lowest BCUT2D eigenvalue weighted by molar-refractivity contribution is -0.115. The van der Waals surface area contributed by atoms with E-state index in [0.29, 0.717) is 11.6 Å². The number of nitrogens with zero attached hydrogens (tertiary/aromatic N) is 1. The number of carbonyl (C=O) groups excluding carboxylic acids is 2. The number of nitrogens with one attached hydrogen (secondary N) is 2. The van der Waals surface area contributed by atoms with Crippen LogP contribution in [0.4, 0.5) is 4.79 Å². The van der Waals surface area contributed by atoms with Crippen molar-refractivity contribution < 1.29 is 9.59 Å². The van der Waals surface area contributed by atoms with Gasteiger partial charge in [-0.25, -0.2) is 4.79 Å². The van der Waals surface area contributed by atoms with Gasteiger partial charge >= 0.3 is 6.03 Å². The van der Waals surface area contributed by atoms with E-state index in [9.17, 15) is 9.59 Å². The maximum absolute atomic E-state index is 11.8. The minimum absolute atomic E-state index is 0.241. The van der Waals surface area contributed by atoms with Crippen molar-refractivity contribution in [2.45, 2.75) is 6.54 Å². The molecule has 0 spiro atoms. The Balaban J connectivity index is 1.79. The standard InChI is InChI=1S/C19H14ClN3O2/c20-15-7-3-1-5-12(15)10-23-11-13(14-6-2-4-8-17(14)23)9-16-18(24)22-19(25)21-16/h1-9,11H,10H2,(H2,21,22,24,25). The van der Waals surface area contributed by atoms with E-state index in [4.69, 9.17) is 11.6 Å². The number of para-hydroxylation sites is 1. The summed E-state index contributed by atoms with van der Waals surface area (Å²) in [7, 11) is 0. The molecular formula is C19H14ClN3O2.